The van der Waals surface area contributed by atoms with Gasteiger partial charge in [-0.15, -0.1) is 22.9 Å². The molecule has 3 heterocycles. The van der Waals surface area contributed by atoms with E-state index in [-0.39, 0.29) is 0 Å². The Bertz CT molecular complexity index is 524. The van der Waals surface area contributed by atoms with Gasteiger partial charge in [0.05, 0.1) is 0 Å². The molecule has 2 aromatic rings. The third-order valence-electron chi connectivity index (χ3n) is 3.10. The van der Waals surface area contributed by atoms with E-state index in [9.17, 15) is 0 Å². The summed E-state index contributed by atoms with van der Waals surface area (Å²) in [4.78, 5) is 8.29. The summed E-state index contributed by atoms with van der Waals surface area (Å²) in [5.41, 5.74) is 2.58. The quantitative estimate of drug-likeness (QED) is 0.773. The zero-order valence-corrected chi connectivity index (χ0v) is 11.0. The predicted molar refractivity (Wildman–Crippen MR) is 72.9 cm³/mol. The van der Waals surface area contributed by atoms with E-state index >= 15 is 0 Å². The van der Waals surface area contributed by atoms with Gasteiger partial charge in [0.1, 0.15) is 5.82 Å². The van der Waals surface area contributed by atoms with Crippen molar-refractivity contribution >= 4 is 28.8 Å². The molecule has 1 aliphatic rings. The Balaban J connectivity index is 1.86. The Kier molecular flexibility index (Phi) is 3.04. The van der Waals surface area contributed by atoms with E-state index in [0.29, 0.717) is 5.88 Å². The summed E-state index contributed by atoms with van der Waals surface area (Å²) in [6.07, 6.45) is 2.97. The Morgan fingerprint density at radius 1 is 1.41 bits per heavy atom. The number of nitrogens with zero attached hydrogens (tertiary/aromatic N) is 2. The number of anilines is 1. The number of hydrogen-bond donors (Lipinski definition) is 0. The SMILES string of the molecule is ClCc1ccnc(N2CCc3sccc3C2)c1. The largest absolute Gasteiger partial charge is 0.352 e. The molecule has 2 nitrogen and oxygen atoms in total. The van der Waals surface area contributed by atoms with Crippen molar-refractivity contribution in [3.8, 4) is 0 Å². The van der Waals surface area contributed by atoms with E-state index in [1.165, 1.54) is 10.4 Å². The Hall–Kier alpha value is -1.06. The lowest BCUT2D eigenvalue weighted by Crippen LogP contribution is -2.30. The smallest absolute Gasteiger partial charge is 0.129 e. The van der Waals surface area contributed by atoms with Crippen LogP contribution in [0.2, 0.25) is 0 Å². The van der Waals surface area contributed by atoms with Crippen LogP contribution in [0.5, 0.6) is 0 Å². The molecule has 0 N–H and O–H groups in total. The van der Waals surface area contributed by atoms with E-state index in [0.717, 1.165) is 30.9 Å². The number of fused-ring (bicyclic) bond motifs is 1. The van der Waals surface area contributed by atoms with Gasteiger partial charge >= 0.3 is 0 Å². The maximum atomic E-state index is 5.86. The monoisotopic (exact) mass is 264 g/mol. The van der Waals surface area contributed by atoms with Gasteiger partial charge in [0, 0.05) is 30.0 Å². The zero-order valence-electron chi connectivity index (χ0n) is 9.40. The van der Waals surface area contributed by atoms with Gasteiger partial charge in [-0.25, -0.2) is 4.98 Å². The van der Waals surface area contributed by atoms with E-state index in [1.807, 2.05) is 23.6 Å². The standard InChI is InChI=1S/C13H13ClN2S/c14-8-10-1-4-15-13(7-10)16-5-2-12-11(9-16)3-6-17-12/h1,3-4,6-7H,2,5,8-9H2. The number of halogens is 1. The maximum absolute atomic E-state index is 5.86. The molecule has 0 aliphatic carbocycles. The van der Waals surface area contributed by atoms with Gasteiger partial charge in [-0.3, -0.25) is 0 Å². The van der Waals surface area contributed by atoms with Crippen LogP contribution in [0.4, 0.5) is 5.82 Å². The molecule has 0 fully saturated rings. The molecule has 2 aromatic heterocycles. The third kappa shape index (κ3) is 2.17. The molecule has 3 rings (SSSR count). The van der Waals surface area contributed by atoms with Crippen LogP contribution in [0.25, 0.3) is 0 Å². The van der Waals surface area contributed by atoms with Crippen molar-refractivity contribution in [3.05, 3.63) is 45.8 Å². The first kappa shape index (κ1) is 11.1. The molecule has 4 heteroatoms. The second kappa shape index (κ2) is 4.67. The number of pyridine rings is 1. The van der Waals surface area contributed by atoms with Crippen LogP contribution < -0.4 is 4.90 Å². The zero-order chi connectivity index (χ0) is 11.7. The van der Waals surface area contributed by atoms with E-state index in [2.05, 4.69) is 27.4 Å². The summed E-state index contributed by atoms with van der Waals surface area (Å²) in [7, 11) is 0. The predicted octanol–water partition coefficient (Wildman–Crippen LogP) is 3.44. The Morgan fingerprint density at radius 3 is 3.24 bits per heavy atom. The number of aromatic nitrogens is 1. The third-order valence-corrected chi connectivity index (χ3v) is 4.43. The summed E-state index contributed by atoms with van der Waals surface area (Å²) in [6.45, 7) is 2.02. The minimum absolute atomic E-state index is 0.549. The van der Waals surface area contributed by atoms with Crippen molar-refractivity contribution < 1.29 is 0 Å². The van der Waals surface area contributed by atoms with Crippen molar-refractivity contribution in [2.45, 2.75) is 18.8 Å². The molecule has 1 aliphatic heterocycles. The highest BCUT2D eigenvalue weighted by Gasteiger charge is 2.18. The molecular weight excluding hydrogens is 252 g/mol. The van der Waals surface area contributed by atoms with Crippen molar-refractivity contribution in [1.82, 2.24) is 4.98 Å². The average molecular weight is 265 g/mol. The van der Waals surface area contributed by atoms with Gasteiger partial charge in [-0.2, -0.15) is 0 Å². The van der Waals surface area contributed by atoms with E-state index in [1.54, 1.807) is 0 Å². The molecule has 0 amide bonds. The second-order valence-corrected chi connectivity index (χ2v) is 5.46. The molecule has 0 saturated carbocycles. The molecule has 0 radical (unpaired) electrons. The topological polar surface area (TPSA) is 16.1 Å². The fourth-order valence-electron chi connectivity index (χ4n) is 2.16. The lowest BCUT2D eigenvalue weighted by molar-refractivity contribution is 0.731. The van der Waals surface area contributed by atoms with Crippen molar-refractivity contribution in [3.63, 3.8) is 0 Å². The van der Waals surface area contributed by atoms with Gasteiger partial charge in [0.15, 0.2) is 0 Å². The molecule has 0 saturated heterocycles. The lowest BCUT2D eigenvalue weighted by atomic mass is 10.1. The lowest BCUT2D eigenvalue weighted by Gasteiger charge is -2.28. The summed E-state index contributed by atoms with van der Waals surface area (Å²) < 4.78 is 0. The number of thiophene rings is 1. The van der Waals surface area contributed by atoms with Crippen LogP contribution in [-0.2, 0) is 18.8 Å². The number of hydrogen-bond acceptors (Lipinski definition) is 3. The van der Waals surface area contributed by atoms with Crippen LogP contribution in [-0.4, -0.2) is 11.5 Å². The van der Waals surface area contributed by atoms with Crippen molar-refractivity contribution in [2.24, 2.45) is 0 Å². The highest BCUT2D eigenvalue weighted by molar-refractivity contribution is 7.10. The molecule has 0 unspecified atom stereocenters. The van der Waals surface area contributed by atoms with Gasteiger partial charge in [-0.1, -0.05) is 0 Å². The van der Waals surface area contributed by atoms with E-state index in [4.69, 9.17) is 11.6 Å². The number of alkyl halides is 1. The van der Waals surface area contributed by atoms with Gasteiger partial charge < -0.3 is 4.90 Å². The first-order chi connectivity index (χ1) is 8.36. The highest BCUT2D eigenvalue weighted by atomic mass is 35.5. The van der Waals surface area contributed by atoms with Crippen molar-refractivity contribution in [2.75, 3.05) is 11.4 Å². The first-order valence-electron chi connectivity index (χ1n) is 5.68. The normalized spacial score (nSPS) is 14.8. The molecule has 0 bridgehead atoms. The van der Waals surface area contributed by atoms with Gasteiger partial charge in [-0.05, 0) is 41.1 Å². The van der Waals surface area contributed by atoms with Crippen LogP contribution in [0.1, 0.15) is 16.0 Å². The maximum Gasteiger partial charge on any atom is 0.129 e. The minimum Gasteiger partial charge on any atom is -0.352 e. The summed E-state index contributed by atoms with van der Waals surface area (Å²) in [5, 5.41) is 2.18. The summed E-state index contributed by atoms with van der Waals surface area (Å²) in [6, 6.07) is 6.28. The summed E-state index contributed by atoms with van der Waals surface area (Å²) >= 11 is 7.72. The first-order valence-corrected chi connectivity index (χ1v) is 7.09. The summed E-state index contributed by atoms with van der Waals surface area (Å²) in [5.74, 6) is 1.59. The fraction of sp³-hybridized carbons (Fsp3) is 0.308. The minimum atomic E-state index is 0.549. The number of rotatable bonds is 2. The fourth-order valence-corrected chi connectivity index (χ4v) is 3.22. The Labute approximate surface area is 110 Å². The van der Waals surface area contributed by atoms with Crippen LogP contribution in [0, 0.1) is 0 Å². The highest BCUT2D eigenvalue weighted by Crippen LogP contribution is 2.27. The van der Waals surface area contributed by atoms with Gasteiger partial charge in [0.25, 0.3) is 0 Å². The van der Waals surface area contributed by atoms with Crippen LogP contribution in [0.3, 0.4) is 0 Å². The van der Waals surface area contributed by atoms with Crippen LogP contribution >= 0.6 is 22.9 Å². The molecule has 0 aromatic carbocycles. The van der Waals surface area contributed by atoms with Gasteiger partial charge in [0.2, 0.25) is 0 Å². The molecule has 0 atom stereocenters. The average Bonchev–Trinajstić information content (AvgIpc) is 2.86. The molecule has 17 heavy (non-hydrogen) atoms. The van der Waals surface area contributed by atoms with E-state index < -0.39 is 0 Å². The van der Waals surface area contributed by atoms with Crippen molar-refractivity contribution in [1.29, 1.82) is 0 Å². The molecular formula is C13H13ClN2S. The van der Waals surface area contributed by atoms with Crippen LogP contribution in [0.15, 0.2) is 29.8 Å². The Morgan fingerprint density at radius 2 is 2.35 bits per heavy atom. The second-order valence-electron chi connectivity index (χ2n) is 4.20. The molecule has 88 valence electrons. The molecule has 0 spiro atoms.